The molecule has 1 aromatic rings. The first-order valence-electron chi connectivity index (χ1n) is 5.08. The molecule has 0 saturated heterocycles. The van der Waals surface area contributed by atoms with Crippen molar-refractivity contribution in [1.82, 2.24) is 4.72 Å². The Morgan fingerprint density at radius 1 is 1.47 bits per heavy atom. The first-order valence-corrected chi connectivity index (χ1v) is 6.94. The summed E-state index contributed by atoms with van der Waals surface area (Å²) >= 11 is 5.48. The third-order valence-corrected chi connectivity index (χ3v) is 3.74. The molecule has 0 radical (unpaired) electrons. The molecule has 0 spiro atoms. The molecule has 0 aliphatic carbocycles. The molecule has 0 fully saturated rings. The van der Waals surface area contributed by atoms with E-state index in [9.17, 15) is 17.6 Å². The van der Waals surface area contributed by atoms with E-state index in [2.05, 4.69) is 9.46 Å². The largest absolute Gasteiger partial charge is 0.480 e. The minimum absolute atomic E-state index is 0.145. The van der Waals surface area contributed by atoms with Crippen LogP contribution >= 0.6 is 11.6 Å². The third kappa shape index (κ3) is 4.75. The number of carboxylic acids is 1. The summed E-state index contributed by atoms with van der Waals surface area (Å²) in [4.78, 5) is 9.56. The molecule has 0 atom stereocenters. The van der Waals surface area contributed by atoms with Gasteiger partial charge in [-0.2, -0.15) is 0 Å². The summed E-state index contributed by atoms with van der Waals surface area (Å²) in [6.45, 7) is -0.859. The highest BCUT2D eigenvalue weighted by molar-refractivity contribution is 7.89. The van der Waals surface area contributed by atoms with Crippen LogP contribution in [-0.4, -0.2) is 39.3 Å². The molecule has 0 unspecified atom stereocenters. The van der Waals surface area contributed by atoms with E-state index in [0.717, 1.165) is 6.07 Å². The van der Waals surface area contributed by atoms with Crippen LogP contribution in [-0.2, 0) is 19.6 Å². The van der Waals surface area contributed by atoms with Crippen molar-refractivity contribution in [1.29, 1.82) is 0 Å². The number of sulfonamides is 1. The van der Waals surface area contributed by atoms with Crippen LogP contribution in [0.25, 0.3) is 0 Å². The molecule has 0 bridgehead atoms. The lowest BCUT2D eigenvalue weighted by molar-refractivity contribution is -0.142. The molecule has 19 heavy (non-hydrogen) atoms. The summed E-state index contributed by atoms with van der Waals surface area (Å²) in [6.07, 6.45) is 0. The van der Waals surface area contributed by atoms with Crippen molar-refractivity contribution >= 4 is 27.6 Å². The average molecular weight is 312 g/mol. The number of nitrogens with one attached hydrogen (secondary N) is 1. The molecule has 6 nitrogen and oxygen atoms in total. The number of benzene rings is 1. The second-order valence-corrected chi connectivity index (χ2v) is 5.54. The predicted molar refractivity (Wildman–Crippen MR) is 65.1 cm³/mol. The highest BCUT2D eigenvalue weighted by atomic mass is 35.5. The highest BCUT2D eigenvalue weighted by Crippen LogP contribution is 2.21. The van der Waals surface area contributed by atoms with Gasteiger partial charge in [-0.05, 0) is 12.1 Å². The molecule has 0 heterocycles. The van der Waals surface area contributed by atoms with Crippen molar-refractivity contribution in [2.75, 3.05) is 19.8 Å². The van der Waals surface area contributed by atoms with Crippen LogP contribution in [0.2, 0.25) is 5.02 Å². The Bertz CT molecular complexity index is 563. The molecule has 106 valence electrons. The van der Waals surface area contributed by atoms with Gasteiger partial charge in [0.05, 0.1) is 11.6 Å². The van der Waals surface area contributed by atoms with Crippen LogP contribution in [0.1, 0.15) is 0 Å². The summed E-state index contributed by atoms with van der Waals surface area (Å²) in [5, 5.41) is 7.99. The van der Waals surface area contributed by atoms with Gasteiger partial charge in [0.2, 0.25) is 10.0 Å². The molecule has 1 rings (SSSR count). The van der Waals surface area contributed by atoms with Crippen LogP contribution in [0.3, 0.4) is 0 Å². The zero-order valence-electron chi connectivity index (χ0n) is 9.60. The average Bonchev–Trinajstić information content (AvgIpc) is 2.31. The maximum absolute atomic E-state index is 13.5. The number of hydrogen-bond acceptors (Lipinski definition) is 4. The number of carboxylic acid groups (broad SMARTS) is 1. The molecule has 0 saturated carbocycles. The van der Waals surface area contributed by atoms with Crippen LogP contribution in [0.5, 0.6) is 0 Å². The molecule has 9 heteroatoms. The molecule has 0 amide bonds. The van der Waals surface area contributed by atoms with Crippen molar-refractivity contribution in [3.63, 3.8) is 0 Å². The van der Waals surface area contributed by atoms with Gasteiger partial charge >= 0.3 is 5.97 Å². The van der Waals surface area contributed by atoms with Gasteiger partial charge in [-0.1, -0.05) is 17.7 Å². The minimum atomic E-state index is -4.05. The number of hydrogen-bond donors (Lipinski definition) is 2. The van der Waals surface area contributed by atoms with Gasteiger partial charge in [-0.3, -0.25) is 0 Å². The predicted octanol–water partition coefficient (Wildman–Crippen LogP) is 0.859. The van der Waals surface area contributed by atoms with E-state index in [1.165, 1.54) is 12.1 Å². The fourth-order valence-corrected chi connectivity index (χ4v) is 2.52. The lowest BCUT2D eigenvalue weighted by atomic mass is 10.3. The van der Waals surface area contributed by atoms with Gasteiger partial charge in [-0.25, -0.2) is 22.3 Å². The van der Waals surface area contributed by atoms with Gasteiger partial charge in [-0.15, -0.1) is 0 Å². The van der Waals surface area contributed by atoms with Crippen LogP contribution in [0.15, 0.2) is 23.1 Å². The van der Waals surface area contributed by atoms with E-state index < -0.39 is 33.3 Å². The Morgan fingerprint density at radius 2 is 2.16 bits per heavy atom. The van der Waals surface area contributed by atoms with Crippen molar-refractivity contribution in [3.8, 4) is 0 Å². The number of aliphatic carboxylic acids is 1. The molecular formula is C10H11ClFNO5S. The molecule has 1 aromatic carbocycles. The summed E-state index contributed by atoms with van der Waals surface area (Å²) in [5.74, 6) is -2.20. The van der Waals surface area contributed by atoms with Gasteiger partial charge in [0.25, 0.3) is 0 Å². The quantitative estimate of drug-likeness (QED) is 0.729. The Kier molecular flexibility index (Phi) is 5.67. The third-order valence-electron chi connectivity index (χ3n) is 1.97. The zero-order valence-corrected chi connectivity index (χ0v) is 11.2. The molecular weight excluding hydrogens is 301 g/mol. The van der Waals surface area contributed by atoms with Crippen molar-refractivity contribution < 1.29 is 27.4 Å². The Hall–Kier alpha value is -1.22. The summed E-state index contributed by atoms with van der Waals surface area (Å²) < 4.78 is 43.7. The second kappa shape index (κ2) is 6.80. The van der Waals surface area contributed by atoms with Crippen molar-refractivity contribution in [2.24, 2.45) is 0 Å². The van der Waals surface area contributed by atoms with E-state index >= 15 is 0 Å². The lowest BCUT2D eigenvalue weighted by Crippen LogP contribution is -2.28. The topological polar surface area (TPSA) is 92.7 Å². The number of ether oxygens (including phenoxy) is 1. The second-order valence-electron chi connectivity index (χ2n) is 3.40. The summed E-state index contributed by atoms with van der Waals surface area (Å²) in [6, 6.07) is 3.61. The Morgan fingerprint density at radius 3 is 2.79 bits per heavy atom. The molecule has 0 aliphatic rings. The van der Waals surface area contributed by atoms with E-state index in [0.29, 0.717) is 0 Å². The van der Waals surface area contributed by atoms with Crippen LogP contribution in [0.4, 0.5) is 4.39 Å². The SMILES string of the molecule is O=C(O)COCCNS(=O)(=O)c1cccc(Cl)c1F. The lowest BCUT2D eigenvalue weighted by Gasteiger charge is -2.08. The Labute approximate surface area is 114 Å². The zero-order chi connectivity index (χ0) is 14.5. The first-order chi connectivity index (χ1) is 8.84. The first kappa shape index (κ1) is 15.8. The van der Waals surface area contributed by atoms with Gasteiger partial charge in [0, 0.05) is 6.54 Å². The smallest absolute Gasteiger partial charge is 0.329 e. The molecule has 0 aromatic heterocycles. The minimum Gasteiger partial charge on any atom is -0.480 e. The summed E-state index contributed by atoms with van der Waals surface area (Å²) in [5.41, 5.74) is 0. The maximum Gasteiger partial charge on any atom is 0.329 e. The van der Waals surface area contributed by atoms with E-state index in [-0.39, 0.29) is 18.2 Å². The van der Waals surface area contributed by atoms with E-state index in [4.69, 9.17) is 16.7 Å². The number of carbonyl (C=O) groups is 1. The Balaban J connectivity index is 2.61. The fourth-order valence-electron chi connectivity index (χ4n) is 1.18. The van der Waals surface area contributed by atoms with Crippen LogP contribution in [0, 0.1) is 5.82 Å². The molecule has 0 aliphatic heterocycles. The number of halogens is 2. The van der Waals surface area contributed by atoms with E-state index in [1.54, 1.807) is 0 Å². The highest BCUT2D eigenvalue weighted by Gasteiger charge is 2.20. The molecule has 2 N–H and O–H groups in total. The van der Waals surface area contributed by atoms with Gasteiger partial charge in [0.15, 0.2) is 5.82 Å². The van der Waals surface area contributed by atoms with Crippen molar-refractivity contribution in [3.05, 3.63) is 29.0 Å². The summed E-state index contributed by atoms with van der Waals surface area (Å²) in [7, 11) is -4.05. The normalized spacial score (nSPS) is 11.5. The maximum atomic E-state index is 13.5. The van der Waals surface area contributed by atoms with Gasteiger partial charge < -0.3 is 9.84 Å². The van der Waals surface area contributed by atoms with Gasteiger partial charge in [0.1, 0.15) is 11.5 Å². The standard InChI is InChI=1S/C10H11ClFNO5S/c11-7-2-1-3-8(10(7)12)19(16,17)13-4-5-18-6-9(14)15/h1-3,13H,4-6H2,(H,14,15). The van der Waals surface area contributed by atoms with E-state index in [1.807, 2.05) is 0 Å². The van der Waals surface area contributed by atoms with Crippen molar-refractivity contribution in [2.45, 2.75) is 4.90 Å². The number of rotatable bonds is 7. The fraction of sp³-hybridized carbons (Fsp3) is 0.300. The monoisotopic (exact) mass is 311 g/mol. The van der Waals surface area contributed by atoms with Crippen LogP contribution < -0.4 is 4.72 Å².